The number of nitrogens with one attached hydrogen (secondary N) is 2. The summed E-state index contributed by atoms with van der Waals surface area (Å²) in [6, 6.07) is 10.8. The molecular formula is C24H24FN7O2. The summed E-state index contributed by atoms with van der Waals surface area (Å²) in [7, 11) is 0. The highest BCUT2D eigenvalue weighted by Crippen LogP contribution is 2.27. The largest absolute Gasteiger partial charge is 0.492 e. The molecule has 34 heavy (non-hydrogen) atoms. The lowest BCUT2D eigenvalue weighted by Crippen LogP contribution is -2.28. The van der Waals surface area contributed by atoms with E-state index in [1.165, 1.54) is 35.6 Å². The van der Waals surface area contributed by atoms with Gasteiger partial charge in [-0.3, -0.25) is 9.48 Å². The van der Waals surface area contributed by atoms with E-state index in [0.717, 1.165) is 29.6 Å². The van der Waals surface area contributed by atoms with Gasteiger partial charge >= 0.3 is 0 Å². The number of benzene rings is 2. The number of nitrogens with two attached hydrogens (primary N) is 1. The molecule has 0 radical (unpaired) electrons. The minimum atomic E-state index is -0.942. The van der Waals surface area contributed by atoms with E-state index in [9.17, 15) is 9.18 Å². The van der Waals surface area contributed by atoms with Crippen molar-refractivity contribution in [3.8, 4) is 5.75 Å². The van der Waals surface area contributed by atoms with Crippen LogP contribution in [0.5, 0.6) is 5.75 Å². The molecule has 3 heterocycles. The van der Waals surface area contributed by atoms with Gasteiger partial charge in [-0.25, -0.2) is 14.4 Å². The monoisotopic (exact) mass is 461 g/mol. The Morgan fingerprint density at radius 1 is 1.29 bits per heavy atom. The van der Waals surface area contributed by atoms with Crippen LogP contribution < -0.4 is 21.1 Å². The average molecular weight is 462 g/mol. The molecule has 2 aromatic heterocycles. The Labute approximate surface area is 195 Å². The molecule has 4 aromatic rings. The lowest BCUT2D eigenvalue weighted by atomic mass is 10.1. The fourth-order valence-corrected chi connectivity index (χ4v) is 4.13. The maximum absolute atomic E-state index is 13.7. The molecule has 2 aromatic carbocycles. The van der Waals surface area contributed by atoms with E-state index in [-0.39, 0.29) is 0 Å². The third-order valence-electron chi connectivity index (χ3n) is 5.78. The number of primary amides is 1. The molecule has 1 fully saturated rings. The number of nitrogens with zero attached hydrogens (tertiary/aromatic N) is 4. The second kappa shape index (κ2) is 9.44. The van der Waals surface area contributed by atoms with Crippen molar-refractivity contribution in [1.82, 2.24) is 25.1 Å². The van der Waals surface area contributed by atoms with Crippen molar-refractivity contribution in [3.63, 3.8) is 0 Å². The van der Waals surface area contributed by atoms with Crippen LogP contribution in [0.4, 0.5) is 15.9 Å². The predicted octanol–water partition coefficient (Wildman–Crippen LogP) is 2.91. The van der Waals surface area contributed by atoms with E-state index in [0.29, 0.717) is 29.7 Å². The van der Waals surface area contributed by atoms with Crippen LogP contribution in [0, 0.1) is 5.82 Å². The van der Waals surface area contributed by atoms with Crippen molar-refractivity contribution in [3.05, 3.63) is 72.6 Å². The van der Waals surface area contributed by atoms with E-state index in [2.05, 4.69) is 25.7 Å². The Balaban J connectivity index is 1.35. The minimum Gasteiger partial charge on any atom is -0.492 e. The van der Waals surface area contributed by atoms with Gasteiger partial charge in [0.1, 0.15) is 30.3 Å². The van der Waals surface area contributed by atoms with Crippen molar-refractivity contribution in [1.29, 1.82) is 0 Å². The summed E-state index contributed by atoms with van der Waals surface area (Å²) < 4.78 is 21.0. The number of anilines is 2. The van der Waals surface area contributed by atoms with Gasteiger partial charge in [-0.15, -0.1) is 0 Å². The molecule has 1 amide bonds. The zero-order valence-electron chi connectivity index (χ0n) is 18.3. The maximum Gasteiger partial charge on any atom is 0.246 e. The van der Waals surface area contributed by atoms with Crippen molar-refractivity contribution in [2.75, 3.05) is 18.5 Å². The molecular weight excluding hydrogens is 437 g/mol. The van der Waals surface area contributed by atoms with Crippen molar-refractivity contribution in [2.45, 2.75) is 24.9 Å². The van der Waals surface area contributed by atoms with E-state index in [1.54, 1.807) is 18.5 Å². The highest BCUT2D eigenvalue weighted by atomic mass is 19.1. The Kier molecular flexibility index (Phi) is 6.05. The van der Waals surface area contributed by atoms with E-state index in [4.69, 9.17) is 10.5 Å². The topological polar surface area (TPSA) is 120 Å². The van der Waals surface area contributed by atoms with Gasteiger partial charge in [0, 0.05) is 23.7 Å². The molecule has 0 bridgehead atoms. The fourth-order valence-electron chi connectivity index (χ4n) is 4.13. The third kappa shape index (κ3) is 4.67. The third-order valence-corrected chi connectivity index (χ3v) is 5.78. The lowest BCUT2D eigenvalue weighted by Gasteiger charge is -2.14. The van der Waals surface area contributed by atoms with E-state index in [1.807, 2.05) is 18.2 Å². The summed E-state index contributed by atoms with van der Waals surface area (Å²) in [4.78, 5) is 20.8. The molecule has 1 aliphatic rings. The average Bonchev–Trinajstić information content (AvgIpc) is 3.50. The first kappa shape index (κ1) is 21.8. The van der Waals surface area contributed by atoms with Gasteiger partial charge in [-0.2, -0.15) is 5.10 Å². The fraction of sp³-hybridized carbons (Fsp3) is 0.250. The van der Waals surface area contributed by atoms with Gasteiger partial charge in [0.15, 0.2) is 6.04 Å². The Hall–Kier alpha value is -4.05. The lowest BCUT2D eigenvalue weighted by molar-refractivity contribution is -0.120. The van der Waals surface area contributed by atoms with Crippen LogP contribution in [0.2, 0.25) is 0 Å². The van der Waals surface area contributed by atoms with Crippen LogP contribution in [-0.4, -0.2) is 44.8 Å². The van der Waals surface area contributed by atoms with Crippen LogP contribution in [0.15, 0.2) is 61.2 Å². The molecule has 0 saturated carbocycles. The number of fused-ring (bicyclic) bond motifs is 1. The van der Waals surface area contributed by atoms with Crippen LogP contribution in [-0.2, 0) is 4.79 Å². The summed E-state index contributed by atoms with van der Waals surface area (Å²) in [6.45, 7) is 1.65. The SMILES string of the molecule is NC(=O)C(c1cccc(F)c1)n1cc(Nc2ncnc3cc(OC[C@@H]4CCCN4)ccc23)cn1. The second-order valence-corrected chi connectivity index (χ2v) is 8.20. The van der Waals surface area contributed by atoms with Crippen LogP contribution >= 0.6 is 0 Å². The maximum atomic E-state index is 13.7. The number of aromatic nitrogens is 4. The molecule has 9 nitrogen and oxygen atoms in total. The minimum absolute atomic E-state index is 0.381. The van der Waals surface area contributed by atoms with Gasteiger partial charge in [0.05, 0.1) is 17.4 Å². The van der Waals surface area contributed by atoms with E-state index < -0.39 is 17.8 Å². The molecule has 1 unspecified atom stereocenters. The number of hydrogen-bond acceptors (Lipinski definition) is 7. The summed E-state index contributed by atoms with van der Waals surface area (Å²) in [6.07, 6.45) is 6.94. The van der Waals surface area contributed by atoms with Crippen LogP contribution in [0.25, 0.3) is 10.9 Å². The summed E-state index contributed by atoms with van der Waals surface area (Å²) in [5.41, 5.74) is 7.32. The van der Waals surface area contributed by atoms with Gasteiger partial charge in [-0.05, 0) is 49.2 Å². The van der Waals surface area contributed by atoms with Crippen molar-refractivity contribution < 1.29 is 13.9 Å². The Bertz CT molecular complexity index is 1320. The first-order valence-electron chi connectivity index (χ1n) is 11.0. The first-order valence-corrected chi connectivity index (χ1v) is 11.0. The Morgan fingerprint density at radius 2 is 2.21 bits per heavy atom. The summed E-state index contributed by atoms with van der Waals surface area (Å²) in [5.74, 6) is 0.227. The number of rotatable bonds is 8. The number of halogens is 1. The molecule has 2 atom stereocenters. The molecule has 0 aliphatic carbocycles. The van der Waals surface area contributed by atoms with Gasteiger partial charge in [0.2, 0.25) is 5.91 Å². The highest BCUT2D eigenvalue weighted by Gasteiger charge is 2.22. The number of ether oxygens (including phenoxy) is 1. The summed E-state index contributed by atoms with van der Waals surface area (Å²) in [5, 5.41) is 11.7. The zero-order valence-corrected chi connectivity index (χ0v) is 18.3. The molecule has 1 saturated heterocycles. The molecule has 10 heteroatoms. The van der Waals surface area contributed by atoms with Gasteiger partial charge < -0.3 is 21.1 Å². The zero-order chi connectivity index (χ0) is 23.5. The number of amides is 1. The number of carbonyl (C=O) groups is 1. The van der Waals surface area contributed by atoms with E-state index >= 15 is 0 Å². The van der Waals surface area contributed by atoms with Crippen molar-refractivity contribution >= 4 is 28.3 Å². The normalized spacial score (nSPS) is 16.4. The van der Waals surface area contributed by atoms with Crippen LogP contribution in [0.3, 0.4) is 0 Å². The second-order valence-electron chi connectivity index (χ2n) is 8.20. The smallest absolute Gasteiger partial charge is 0.246 e. The molecule has 5 rings (SSSR count). The molecule has 4 N–H and O–H groups in total. The number of carbonyl (C=O) groups excluding carboxylic acids is 1. The molecule has 174 valence electrons. The quantitative estimate of drug-likeness (QED) is 0.369. The van der Waals surface area contributed by atoms with Gasteiger partial charge in [0.25, 0.3) is 0 Å². The summed E-state index contributed by atoms with van der Waals surface area (Å²) >= 11 is 0. The molecule has 0 spiro atoms. The standard InChI is InChI=1S/C24H24FN7O2/c25-16-4-1-3-15(9-16)22(23(26)33)32-12-18(11-30-32)31-24-20-7-6-19(10-21(20)28-14-29-24)34-13-17-5-2-8-27-17/h1,3-4,6-7,9-12,14,17,22,27H,2,5,8,13H2,(H2,26,33)(H,28,29,31)/t17-,22?/m0/s1. The number of hydrogen-bond donors (Lipinski definition) is 3. The van der Waals surface area contributed by atoms with Crippen molar-refractivity contribution in [2.24, 2.45) is 5.73 Å². The van der Waals surface area contributed by atoms with Crippen LogP contribution in [0.1, 0.15) is 24.4 Å². The first-order chi connectivity index (χ1) is 16.6. The van der Waals surface area contributed by atoms with Gasteiger partial charge in [-0.1, -0.05) is 12.1 Å². The Morgan fingerprint density at radius 3 is 3.00 bits per heavy atom. The molecule has 1 aliphatic heterocycles. The highest BCUT2D eigenvalue weighted by molar-refractivity contribution is 5.91. The predicted molar refractivity (Wildman–Crippen MR) is 125 cm³/mol.